The highest BCUT2D eigenvalue weighted by Crippen LogP contribution is 2.53. The van der Waals surface area contributed by atoms with E-state index in [1.54, 1.807) is 69.9 Å². The van der Waals surface area contributed by atoms with Crippen LogP contribution in [0.2, 0.25) is 0 Å². The number of Topliss-reactive ketones (excluding diaryl/α,β-unsaturated/α-hetero) is 3. The summed E-state index contributed by atoms with van der Waals surface area (Å²) in [5, 5.41) is 24.5. The van der Waals surface area contributed by atoms with Crippen LogP contribution in [0.3, 0.4) is 0 Å². The molecule has 6 fully saturated rings. The Morgan fingerprint density at radius 2 is 0.894 bits per heavy atom. The molecule has 132 heavy (non-hydrogen) atoms. The Kier molecular flexibility index (Phi) is 31.5. The summed E-state index contributed by atoms with van der Waals surface area (Å²) in [5.41, 5.74) is 4.46. The zero-order valence-corrected chi connectivity index (χ0v) is 77.6. The van der Waals surface area contributed by atoms with Crippen molar-refractivity contribution in [1.82, 2.24) is 53.8 Å². The number of ketones is 3. The first-order valence-corrected chi connectivity index (χ1v) is 45.1. The summed E-state index contributed by atoms with van der Waals surface area (Å²) in [4.78, 5) is 193. The minimum Gasteiger partial charge on any atom is -0.496 e. The number of nitrogens with zero attached hydrogens (tertiary/aromatic N) is 8. The molecule has 8 aromatic rings. The number of imide groups is 3. The number of amides is 8. The SMILES string of the molecule is COc1cc(-c2cn(C)c(=O)c3c2ccn3C)cc(OC)c1CN(C)CC(=O)NCCCCCCCCCC(=O)CNc1cccc2c1C(=O)N(C13CC(C1)C(=O)NC3=O)C2=O.COc1cc(-c2cn(C)c(=O)c3c2ccn3C)cc(OC)c1CN(C)CC(=O)NCCCCCCCCCC(=O)OC(C)(C)C.O=C(O)CNc1cccc2c1C(=O)N(C13CC(C1)C(=O)CC3=O)C2=O. The van der Waals surface area contributed by atoms with E-state index in [4.69, 9.17) is 28.8 Å². The molecule has 0 spiro atoms. The van der Waals surface area contributed by atoms with Gasteiger partial charge in [0, 0.05) is 137 Å². The van der Waals surface area contributed by atoms with Crippen LogP contribution in [0.5, 0.6) is 23.0 Å². The van der Waals surface area contributed by atoms with E-state index in [2.05, 4.69) is 26.6 Å². The van der Waals surface area contributed by atoms with Crippen molar-refractivity contribution < 1.29 is 91.1 Å². The second-order valence-corrected chi connectivity index (χ2v) is 36.2. The smallest absolute Gasteiger partial charge is 0.322 e. The summed E-state index contributed by atoms with van der Waals surface area (Å²) < 4.78 is 35.4. The van der Waals surface area contributed by atoms with Gasteiger partial charge in [0.25, 0.3) is 40.7 Å². The van der Waals surface area contributed by atoms with Crippen LogP contribution in [0, 0.1) is 11.8 Å². The number of hydrogen-bond acceptors (Lipinski definition) is 24. The van der Waals surface area contributed by atoms with E-state index >= 15 is 0 Å². The van der Waals surface area contributed by atoms with Gasteiger partial charge in [0.15, 0.2) is 11.6 Å². The number of benzene rings is 4. The quantitative estimate of drug-likeness (QED) is 0.00896. The number of rotatable bonds is 42. The minimum absolute atomic E-state index is 0.00807. The summed E-state index contributed by atoms with van der Waals surface area (Å²) in [6.45, 7) is 7.84. The van der Waals surface area contributed by atoms with Gasteiger partial charge in [-0.1, -0.05) is 76.3 Å². The Hall–Kier alpha value is -13.1. The second-order valence-electron chi connectivity index (χ2n) is 36.2. The number of aliphatic carboxylic acids is 1. The number of fused-ring (bicyclic) bond motifs is 8. The highest BCUT2D eigenvalue weighted by molar-refractivity contribution is 6.28. The Morgan fingerprint density at radius 1 is 0.492 bits per heavy atom. The lowest BCUT2D eigenvalue weighted by atomic mass is 9.57. The van der Waals surface area contributed by atoms with Crippen molar-refractivity contribution in [2.45, 2.75) is 185 Å². The van der Waals surface area contributed by atoms with Gasteiger partial charge in [-0.05, 0) is 158 Å². The number of hydrogen-bond donors (Lipinski definition) is 6. The molecular formula is C98H121N13O21. The van der Waals surface area contributed by atoms with Gasteiger partial charge in [0.1, 0.15) is 63.0 Å². The number of aryl methyl sites for hydroxylation is 4. The highest BCUT2D eigenvalue weighted by Gasteiger charge is 2.67. The van der Waals surface area contributed by atoms with Crippen LogP contribution in [-0.4, -0.2) is 218 Å². The third-order valence-corrected chi connectivity index (χ3v) is 25.5. The average molecular weight is 1820 g/mol. The van der Waals surface area contributed by atoms with E-state index in [9.17, 15) is 71.9 Å². The molecule has 4 aromatic heterocycles. The number of unbranched alkanes of at least 4 members (excludes halogenated alkanes) is 12. The lowest BCUT2D eigenvalue weighted by molar-refractivity contribution is -0.158. The van der Waals surface area contributed by atoms with Gasteiger partial charge in [-0.25, -0.2) is 0 Å². The predicted molar refractivity (Wildman–Crippen MR) is 494 cm³/mol. The molecule has 8 amide bonds. The molecule has 8 heterocycles. The number of ether oxygens (including phenoxy) is 5. The average Bonchev–Trinajstić information content (AvgIpc) is 1.48. The molecule has 34 nitrogen and oxygen atoms in total. The third kappa shape index (κ3) is 21.6. The van der Waals surface area contributed by atoms with Gasteiger partial charge in [0.2, 0.25) is 17.7 Å². The zero-order chi connectivity index (χ0) is 95.4. The Bertz CT molecular complexity index is 5890. The Balaban J connectivity index is 0.000000195. The first kappa shape index (κ1) is 97.9. The van der Waals surface area contributed by atoms with Gasteiger partial charge < -0.3 is 68.3 Å². The number of esters is 1. The van der Waals surface area contributed by atoms with Gasteiger partial charge >= 0.3 is 11.9 Å². The van der Waals surface area contributed by atoms with E-state index in [1.807, 2.05) is 129 Å². The van der Waals surface area contributed by atoms with E-state index in [1.165, 1.54) is 18.2 Å². The Morgan fingerprint density at radius 3 is 1.30 bits per heavy atom. The largest absolute Gasteiger partial charge is 0.496 e. The molecule has 4 aromatic carbocycles. The molecule has 16 rings (SSSR count). The van der Waals surface area contributed by atoms with Crippen molar-refractivity contribution in [3.05, 3.63) is 152 Å². The molecule has 0 unspecified atom stereocenters. The lowest BCUT2D eigenvalue weighted by Gasteiger charge is -2.53. The van der Waals surface area contributed by atoms with E-state index < -0.39 is 70.4 Å². The van der Waals surface area contributed by atoms with Crippen molar-refractivity contribution >= 4 is 110 Å². The van der Waals surface area contributed by atoms with Crippen molar-refractivity contribution in [2.75, 3.05) is 92.4 Å². The number of piperidine rings is 2. The molecule has 6 N–H and O–H groups in total. The van der Waals surface area contributed by atoms with Crippen LogP contribution in [0.1, 0.15) is 208 Å². The first-order chi connectivity index (χ1) is 63.0. The molecule has 4 saturated carbocycles. The number of anilines is 2. The number of carboxylic acid groups (broad SMARTS) is 1. The standard InChI is InChI=1S/C46H55N7O9.C35H52N4O6.C17H14N2O6/c1-50(25-34-36(61-4)20-28(21-37(34)62-5)33-26-52(3)44(59)40-31(33)17-19-51(40)2)27-38(55)47-18-12-10-8-6-7-9-11-14-30(54)24-48-35-16-13-15-32-39(35)43(58)53(42(32)57)46-22-29(23-46)41(56)49-45(46)60;1-35(2,3)45-32(41)16-14-12-10-9-11-13-15-18-36-31(40)24-37(4)22-28-29(43-7)20-25(21-30(28)44-8)27-23-39(6)34(42)33-26(27)17-19-38(33)5;20-11-4-12(21)17(5-8(11)6-17)19-15(24)9-2-1-3-10(14(9)16(19)25)18-7-13(22)23/h13,15-17,19-21,26,29,48H,6-12,14,18,22-25,27H2,1-5H3,(H,47,55)(H,49,56,60);17,19-21,23H,9-16,18,22,24H2,1-8H3,(H,36,40);1-3,8,18H,4-7H2,(H,22,23). The van der Waals surface area contributed by atoms with Gasteiger partial charge in [0.05, 0.1) is 87.9 Å². The van der Waals surface area contributed by atoms with Gasteiger partial charge in [-0.3, -0.25) is 96.8 Å². The highest BCUT2D eigenvalue weighted by atomic mass is 16.6. The van der Waals surface area contributed by atoms with Crippen LogP contribution in [-0.2, 0) is 89.2 Å². The van der Waals surface area contributed by atoms with Crippen LogP contribution < -0.4 is 56.6 Å². The maximum absolute atomic E-state index is 13.5. The number of carbonyl (C=O) groups excluding carboxylic acids is 12. The van der Waals surface area contributed by atoms with Crippen molar-refractivity contribution in [3.63, 3.8) is 0 Å². The maximum atomic E-state index is 13.5. The fourth-order valence-corrected chi connectivity index (χ4v) is 18.6. The van der Waals surface area contributed by atoms with E-state index in [0.29, 0.717) is 78.7 Å². The number of nitrogens with one attached hydrogen (secondary N) is 5. The number of carbonyl (C=O) groups is 13. The van der Waals surface area contributed by atoms with Crippen LogP contribution >= 0.6 is 0 Å². The number of carboxylic acids is 1. The first-order valence-electron chi connectivity index (χ1n) is 45.1. The maximum Gasteiger partial charge on any atom is 0.322 e. The third-order valence-electron chi connectivity index (χ3n) is 25.5. The fourth-order valence-electron chi connectivity index (χ4n) is 18.6. The molecule has 704 valence electrons. The van der Waals surface area contributed by atoms with Gasteiger partial charge in [-0.2, -0.15) is 0 Å². The normalized spacial score (nSPS) is 17.5. The number of methoxy groups -OCH3 is 4. The number of pyridine rings is 2. The van der Waals surface area contributed by atoms with Crippen molar-refractivity contribution in [2.24, 2.45) is 40.0 Å². The monoisotopic (exact) mass is 1820 g/mol. The summed E-state index contributed by atoms with van der Waals surface area (Å²) in [6, 6.07) is 21.0. The van der Waals surface area contributed by atoms with Crippen LogP contribution in [0.15, 0.2) is 107 Å². The topological polar surface area (TPSA) is 415 Å². The number of likely N-dealkylation sites (N-methyl/N-ethyl adjacent to an activating group) is 2. The fraction of sp³-hybridized carbons (Fsp3) is 0.480. The molecule has 8 aliphatic rings. The second kappa shape index (κ2) is 42.4. The van der Waals surface area contributed by atoms with E-state index in [-0.39, 0.29) is 132 Å². The summed E-state index contributed by atoms with van der Waals surface area (Å²) >= 11 is 0. The summed E-state index contributed by atoms with van der Waals surface area (Å²) in [7, 11) is 17.4. The molecule has 4 aliphatic heterocycles. The molecule has 0 atom stereocenters. The zero-order valence-electron chi connectivity index (χ0n) is 77.6. The van der Waals surface area contributed by atoms with Crippen molar-refractivity contribution in [1.29, 1.82) is 0 Å². The minimum atomic E-state index is -1.35. The van der Waals surface area contributed by atoms with Crippen LogP contribution in [0.4, 0.5) is 11.4 Å². The summed E-state index contributed by atoms with van der Waals surface area (Å²) in [5.74, 6) is -3.30. The molecule has 4 aliphatic carbocycles. The number of aromatic nitrogens is 4. The Labute approximate surface area is 765 Å². The predicted octanol–water partition coefficient (Wildman–Crippen LogP) is 10.4. The van der Waals surface area contributed by atoms with Crippen molar-refractivity contribution in [3.8, 4) is 45.3 Å². The molecule has 0 radical (unpaired) electrons. The summed E-state index contributed by atoms with van der Waals surface area (Å²) in [6.07, 6.45) is 22.5. The van der Waals surface area contributed by atoms with Crippen LogP contribution in [0.25, 0.3) is 44.1 Å². The van der Waals surface area contributed by atoms with Gasteiger partial charge in [-0.15, -0.1) is 0 Å². The molecular weight excluding hydrogens is 1700 g/mol. The lowest BCUT2D eigenvalue weighted by Crippen LogP contribution is -2.74. The molecule has 2 saturated heterocycles. The molecule has 4 bridgehead atoms. The molecule has 34 heteroatoms. The van der Waals surface area contributed by atoms with E-state index in [0.717, 1.165) is 144 Å².